The quantitative estimate of drug-likeness (QED) is 0.445. The summed E-state index contributed by atoms with van der Waals surface area (Å²) in [6, 6.07) is 21.7. The number of hydrogen-bond donors (Lipinski definition) is 1. The van der Waals surface area contributed by atoms with Gasteiger partial charge in [0, 0.05) is 29.4 Å². The van der Waals surface area contributed by atoms with E-state index in [1.807, 2.05) is 48.5 Å². The van der Waals surface area contributed by atoms with Gasteiger partial charge < -0.3 is 10.1 Å². The summed E-state index contributed by atoms with van der Waals surface area (Å²) in [5.41, 5.74) is 2.95. The fourth-order valence-corrected chi connectivity index (χ4v) is 2.66. The molecular formula is C20H17ClN2O3. The summed E-state index contributed by atoms with van der Waals surface area (Å²) in [6.07, 6.45) is 0. The minimum absolute atomic E-state index is 0.0759. The van der Waals surface area contributed by atoms with E-state index in [2.05, 4.69) is 5.32 Å². The van der Waals surface area contributed by atoms with Crippen LogP contribution in [0.3, 0.4) is 0 Å². The lowest BCUT2D eigenvalue weighted by atomic mass is 10.2. The lowest BCUT2D eigenvalue weighted by Crippen LogP contribution is -2.01. The second-order valence-electron chi connectivity index (χ2n) is 5.72. The average Bonchev–Trinajstić information content (AvgIpc) is 2.65. The van der Waals surface area contributed by atoms with Gasteiger partial charge in [-0.25, -0.2) is 0 Å². The number of nitrogens with zero attached hydrogens (tertiary/aromatic N) is 1. The minimum Gasteiger partial charge on any atom is -0.489 e. The molecule has 0 saturated carbocycles. The predicted octanol–water partition coefficient (Wildman–Crippen LogP) is 5.44. The van der Waals surface area contributed by atoms with Gasteiger partial charge in [-0.2, -0.15) is 0 Å². The molecule has 0 heterocycles. The molecule has 0 fully saturated rings. The molecule has 0 aliphatic heterocycles. The number of non-ortho nitro benzene ring substituents is 1. The fraction of sp³-hybridized carbons (Fsp3) is 0.100. The Morgan fingerprint density at radius 1 is 0.962 bits per heavy atom. The molecule has 0 aliphatic rings. The molecule has 0 saturated heterocycles. The lowest BCUT2D eigenvalue weighted by Gasteiger charge is -2.10. The van der Waals surface area contributed by atoms with Crippen LogP contribution in [0.4, 0.5) is 11.4 Å². The van der Waals surface area contributed by atoms with Crippen molar-refractivity contribution in [2.24, 2.45) is 0 Å². The molecule has 3 aromatic rings. The first-order chi connectivity index (χ1) is 12.6. The molecule has 26 heavy (non-hydrogen) atoms. The van der Waals surface area contributed by atoms with Gasteiger partial charge in [0.15, 0.2) is 0 Å². The van der Waals surface area contributed by atoms with Gasteiger partial charge in [0.2, 0.25) is 0 Å². The van der Waals surface area contributed by atoms with Crippen LogP contribution >= 0.6 is 11.6 Å². The Balaban J connectivity index is 1.57. The SMILES string of the molecule is O=[N+]([O-])c1ccc(NCc2cccc(OCc3cccc(Cl)c3)c2)cc1. The van der Waals surface area contributed by atoms with Crippen molar-refractivity contribution in [1.29, 1.82) is 0 Å². The maximum absolute atomic E-state index is 10.7. The maximum Gasteiger partial charge on any atom is 0.269 e. The van der Waals surface area contributed by atoms with Crippen molar-refractivity contribution < 1.29 is 9.66 Å². The molecule has 0 atom stereocenters. The van der Waals surface area contributed by atoms with Crippen molar-refractivity contribution in [2.45, 2.75) is 13.2 Å². The van der Waals surface area contributed by atoms with Gasteiger partial charge in [-0.1, -0.05) is 35.9 Å². The van der Waals surface area contributed by atoms with E-state index in [0.29, 0.717) is 18.2 Å². The van der Waals surface area contributed by atoms with E-state index in [1.165, 1.54) is 12.1 Å². The highest BCUT2D eigenvalue weighted by Gasteiger charge is 2.04. The van der Waals surface area contributed by atoms with Crippen LogP contribution in [-0.4, -0.2) is 4.92 Å². The number of nitro groups is 1. The number of rotatable bonds is 7. The molecule has 0 amide bonds. The maximum atomic E-state index is 10.7. The van der Waals surface area contributed by atoms with Gasteiger partial charge in [-0.05, 0) is 47.5 Å². The summed E-state index contributed by atoms with van der Waals surface area (Å²) in [7, 11) is 0. The Hall–Kier alpha value is -3.05. The zero-order chi connectivity index (χ0) is 18.4. The van der Waals surface area contributed by atoms with Crippen LogP contribution in [-0.2, 0) is 13.2 Å². The van der Waals surface area contributed by atoms with Gasteiger partial charge in [-0.15, -0.1) is 0 Å². The molecule has 0 bridgehead atoms. The lowest BCUT2D eigenvalue weighted by molar-refractivity contribution is -0.384. The molecule has 6 heteroatoms. The molecule has 0 aliphatic carbocycles. The van der Waals surface area contributed by atoms with Crippen LogP contribution in [0.25, 0.3) is 0 Å². The summed E-state index contributed by atoms with van der Waals surface area (Å²) in [5.74, 6) is 0.771. The number of nitrogens with one attached hydrogen (secondary N) is 1. The number of ether oxygens (including phenoxy) is 1. The van der Waals surface area contributed by atoms with Gasteiger partial charge in [-0.3, -0.25) is 10.1 Å². The van der Waals surface area contributed by atoms with Crippen molar-refractivity contribution in [3.8, 4) is 5.75 Å². The molecular weight excluding hydrogens is 352 g/mol. The zero-order valence-electron chi connectivity index (χ0n) is 13.9. The number of hydrogen-bond acceptors (Lipinski definition) is 4. The Bertz CT molecular complexity index is 898. The highest BCUT2D eigenvalue weighted by atomic mass is 35.5. The molecule has 3 aromatic carbocycles. The van der Waals surface area contributed by atoms with E-state index >= 15 is 0 Å². The standard InChI is InChI=1S/C20H17ClN2O3/c21-17-5-1-4-16(11-17)14-26-20-6-2-3-15(12-20)13-22-18-7-9-19(10-8-18)23(24)25/h1-12,22H,13-14H2. The molecule has 1 N–H and O–H groups in total. The van der Waals surface area contributed by atoms with Crippen LogP contribution in [0.2, 0.25) is 5.02 Å². The minimum atomic E-state index is -0.412. The average molecular weight is 369 g/mol. The smallest absolute Gasteiger partial charge is 0.269 e. The summed E-state index contributed by atoms with van der Waals surface area (Å²) >= 11 is 5.98. The summed E-state index contributed by atoms with van der Waals surface area (Å²) in [4.78, 5) is 10.3. The largest absolute Gasteiger partial charge is 0.489 e. The van der Waals surface area contributed by atoms with Crippen LogP contribution in [0.1, 0.15) is 11.1 Å². The zero-order valence-corrected chi connectivity index (χ0v) is 14.6. The number of nitro benzene ring substituents is 1. The van der Waals surface area contributed by atoms with Gasteiger partial charge in [0.05, 0.1) is 4.92 Å². The molecule has 5 nitrogen and oxygen atoms in total. The topological polar surface area (TPSA) is 64.4 Å². The van der Waals surface area contributed by atoms with Crippen molar-refractivity contribution in [3.63, 3.8) is 0 Å². The third kappa shape index (κ3) is 4.97. The van der Waals surface area contributed by atoms with Gasteiger partial charge in [0.25, 0.3) is 5.69 Å². The van der Waals surface area contributed by atoms with Gasteiger partial charge in [0.1, 0.15) is 12.4 Å². The van der Waals surface area contributed by atoms with Crippen LogP contribution in [0.5, 0.6) is 5.75 Å². The first kappa shape index (κ1) is 17.8. The number of benzene rings is 3. The molecule has 132 valence electrons. The Labute approximate surface area is 156 Å². The normalized spacial score (nSPS) is 10.3. The van der Waals surface area contributed by atoms with Crippen LogP contribution < -0.4 is 10.1 Å². The summed E-state index contributed by atoms with van der Waals surface area (Å²) in [5, 5.41) is 14.6. The molecule has 3 rings (SSSR count). The molecule has 0 radical (unpaired) electrons. The van der Waals surface area contributed by atoms with Gasteiger partial charge >= 0.3 is 0 Å². The number of halogens is 1. The van der Waals surface area contributed by atoms with Crippen molar-refractivity contribution in [1.82, 2.24) is 0 Å². The van der Waals surface area contributed by atoms with E-state index < -0.39 is 4.92 Å². The van der Waals surface area contributed by atoms with Crippen LogP contribution in [0.15, 0.2) is 72.8 Å². The van der Waals surface area contributed by atoms with Crippen LogP contribution in [0, 0.1) is 10.1 Å². The van der Waals surface area contributed by atoms with E-state index in [9.17, 15) is 10.1 Å². The summed E-state index contributed by atoms with van der Waals surface area (Å²) < 4.78 is 5.82. The van der Waals surface area contributed by atoms with E-state index in [0.717, 1.165) is 22.6 Å². The second kappa shape index (κ2) is 8.36. The molecule has 0 aromatic heterocycles. The van der Waals surface area contributed by atoms with E-state index in [4.69, 9.17) is 16.3 Å². The highest BCUT2D eigenvalue weighted by molar-refractivity contribution is 6.30. The third-order valence-electron chi connectivity index (χ3n) is 3.77. The van der Waals surface area contributed by atoms with Crippen molar-refractivity contribution in [3.05, 3.63) is 99.1 Å². The Morgan fingerprint density at radius 3 is 2.42 bits per heavy atom. The van der Waals surface area contributed by atoms with E-state index in [-0.39, 0.29) is 5.69 Å². The predicted molar refractivity (Wildman–Crippen MR) is 103 cm³/mol. The second-order valence-corrected chi connectivity index (χ2v) is 6.16. The number of anilines is 1. The third-order valence-corrected chi connectivity index (χ3v) is 4.00. The molecule has 0 spiro atoms. The summed E-state index contributed by atoms with van der Waals surface area (Å²) in [6.45, 7) is 1.03. The first-order valence-electron chi connectivity index (χ1n) is 8.05. The van der Waals surface area contributed by atoms with E-state index in [1.54, 1.807) is 12.1 Å². The van der Waals surface area contributed by atoms with Crippen molar-refractivity contribution in [2.75, 3.05) is 5.32 Å². The fourth-order valence-electron chi connectivity index (χ4n) is 2.44. The Morgan fingerprint density at radius 2 is 1.69 bits per heavy atom. The highest BCUT2D eigenvalue weighted by Crippen LogP contribution is 2.19. The van der Waals surface area contributed by atoms with Crippen molar-refractivity contribution >= 4 is 23.0 Å². The first-order valence-corrected chi connectivity index (χ1v) is 8.42. The Kier molecular flexibility index (Phi) is 5.71. The molecule has 0 unspecified atom stereocenters. The monoisotopic (exact) mass is 368 g/mol.